The summed E-state index contributed by atoms with van der Waals surface area (Å²) in [4.78, 5) is 30.8. The Hall–Kier alpha value is -1.61. The van der Waals surface area contributed by atoms with E-state index in [1.807, 2.05) is 32.2 Å². The third-order valence-electron chi connectivity index (χ3n) is 8.07. The molecule has 35 heavy (non-hydrogen) atoms. The molecule has 0 radical (unpaired) electrons. The Morgan fingerprint density at radius 2 is 1.94 bits per heavy atom. The third kappa shape index (κ3) is 6.59. The molecule has 2 unspecified atom stereocenters. The van der Waals surface area contributed by atoms with Gasteiger partial charge in [0.1, 0.15) is 5.78 Å². The number of thiazole rings is 1. The van der Waals surface area contributed by atoms with Gasteiger partial charge in [-0.1, -0.05) is 34.1 Å². The van der Waals surface area contributed by atoms with E-state index in [2.05, 4.69) is 17.2 Å². The predicted octanol–water partition coefficient (Wildman–Crippen LogP) is 4.05. The average Bonchev–Trinajstić information content (AvgIpc) is 3.22. The van der Waals surface area contributed by atoms with E-state index >= 15 is 0 Å². The molecule has 1 aromatic heterocycles. The molecule has 2 fully saturated rings. The number of aromatic nitrogens is 1. The van der Waals surface area contributed by atoms with Gasteiger partial charge in [0.2, 0.25) is 5.91 Å². The zero-order valence-corrected chi connectivity index (χ0v) is 22.9. The number of ether oxygens (including phenoxy) is 1. The van der Waals surface area contributed by atoms with Gasteiger partial charge in [-0.2, -0.15) is 0 Å². The summed E-state index contributed by atoms with van der Waals surface area (Å²) in [6, 6.07) is -0.269. The number of Topliss-reactive ketones (excluding diaryl/α,β-unsaturated/α-hetero) is 1. The van der Waals surface area contributed by atoms with Crippen LogP contribution in [-0.2, 0) is 14.3 Å². The van der Waals surface area contributed by atoms with Gasteiger partial charge in [-0.05, 0) is 51.2 Å². The van der Waals surface area contributed by atoms with E-state index in [-0.39, 0.29) is 41.8 Å². The van der Waals surface area contributed by atoms with Gasteiger partial charge in [0, 0.05) is 17.7 Å². The van der Waals surface area contributed by atoms with Crippen molar-refractivity contribution in [1.29, 1.82) is 0 Å². The van der Waals surface area contributed by atoms with Crippen LogP contribution in [0.25, 0.3) is 6.08 Å². The molecular weight excluding hydrogens is 464 g/mol. The molecule has 196 valence electrons. The summed E-state index contributed by atoms with van der Waals surface area (Å²) >= 11 is 1.58. The maximum absolute atomic E-state index is 13.2. The van der Waals surface area contributed by atoms with Gasteiger partial charge >= 0.3 is 0 Å². The van der Waals surface area contributed by atoms with Crippen molar-refractivity contribution in [3.8, 4) is 0 Å². The van der Waals surface area contributed by atoms with Crippen LogP contribution in [0.15, 0.2) is 11.0 Å². The highest BCUT2D eigenvalue weighted by atomic mass is 32.1. The van der Waals surface area contributed by atoms with Crippen molar-refractivity contribution >= 4 is 29.1 Å². The van der Waals surface area contributed by atoms with Crippen molar-refractivity contribution in [1.82, 2.24) is 10.3 Å². The summed E-state index contributed by atoms with van der Waals surface area (Å²) in [5, 5.41) is 27.8. The van der Waals surface area contributed by atoms with Gasteiger partial charge in [0.25, 0.3) is 0 Å². The highest BCUT2D eigenvalue weighted by Crippen LogP contribution is 2.44. The van der Waals surface area contributed by atoms with Gasteiger partial charge in [-0.3, -0.25) is 9.59 Å². The fraction of sp³-hybridized carbons (Fsp3) is 0.741. The summed E-state index contributed by atoms with van der Waals surface area (Å²) in [7, 11) is 0. The Morgan fingerprint density at radius 3 is 2.57 bits per heavy atom. The Kier molecular flexibility index (Phi) is 8.62. The van der Waals surface area contributed by atoms with Gasteiger partial charge in [-0.15, -0.1) is 11.3 Å². The number of carbonyl (C=O) groups is 2. The maximum atomic E-state index is 13.2. The second kappa shape index (κ2) is 10.8. The molecule has 0 aliphatic carbocycles. The third-order valence-corrected chi connectivity index (χ3v) is 8.86. The Balaban J connectivity index is 1.85. The largest absolute Gasteiger partial charge is 0.392 e. The van der Waals surface area contributed by atoms with Crippen LogP contribution in [-0.4, -0.2) is 56.8 Å². The summed E-state index contributed by atoms with van der Waals surface area (Å²) in [5.74, 6) is -1.24. The number of fused-ring (bicyclic) bond motifs is 1. The van der Waals surface area contributed by atoms with Crippen molar-refractivity contribution in [2.45, 2.75) is 111 Å². The van der Waals surface area contributed by atoms with Crippen molar-refractivity contribution < 1.29 is 24.5 Å². The van der Waals surface area contributed by atoms with Crippen LogP contribution in [0.5, 0.6) is 0 Å². The maximum Gasteiger partial charge on any atom is 0.223 e. The van der Waals surface area contributed by atoms with E-state index in [1.54, 1.807) is 32.1 Å². The first kappa shape index (κ1) is 28.0. The molecule has 7 atom stereocenters. The fourth-order valence-electron chi connectivity index (χ4n) is 5.19. The lowest BCUT2D eigenvalue weighted by Gasteiger charge is -2.34. The van der Waals surface area contributed by atoms with E-state index in [1.165, 1.54) is 0 Å². The zero-order valence-electron chi connectivity index (χ0n) is 22.1. The summed E-state index contributed by atoms with van der Waals surface area (Å²) in [5.41, 5.74) is 0.410. The monoisotopic (exact) mass is 506 g/mol. The van der Waals surface area contributed by atoms with Crippen LogP contribution in [0.4, 0.5) is 0 Å². The lowest BCUT2D eigenvalue weighted by molar-refractivity contribution is -0.143. The van der Waals surface area contributed by atoms with Crippen LogP contribution in [0.1, 0.15) is 84.3 Å². The highest BCUT2D eigenvalue weighted by Gasteiger charge is 2.52. The Labute approximate surface area is 213 Å². The Bertz CT molecular complexity index is 957. The van der Waals surface area contributed by atoms with E-state index in [0.29, 0.717) is 6.42 Å². The molecule has 3 N–H and O–H groups in total. The van der Waals surface area contributed by atoms with Crippen molar-refractivity contribution in [3.05, 3.63) is 21.7 Å². The molecule has 3 rings (SSSR count). The average molecular weight is 507 g/mol. The number of nitrogens with one attached hydrogen (secondary N) is 1. The normalized spacial score (nSPS) is 37.5. The van der Waals surface area contributed by atoms with Crippen LogP contribution < -0.4 is 5.32 Å². The molecule has 0 aromatic carbocycles. The second-order valence-corrected chi connectivity index (χ2v) is 12.5. The molecule has 1 aromatic rings. The minimum atomic E-state index is -1.17. The first-order valence-electron chi connectivity index (χ1n) is 12.7. The van der Waals surface area contributed by atoms with E-state index in [9.17, 15) is 19.8 Å². The zero-order chi connectivity index (χ0) is 26.1. The quantitative estimate of drug-likeness (QED) is 0.522. The number of hydrogen-bond acceptors (Lipinski definition) is 7. The number of carbonyl (C=O) groups excluding carboxylic acids is 2. The molecule has 7 nitrogen and oxygen atoms in total. The smallest absolute Gasteiger partial charge is 0.223 e. The van der Waals surface area contributed by atoms with E-state index in [4.69, 9.17) is 4.74 Å². The van der Waals surface area contributed by atoms with Gasteiger partial charge in [-0.25, -0.2) is 4.98 Å². The molecule has 0 spiro atoms. The topological polar surface area (TPSA) is 112 Å². The molecule has 0 bridgehead atoms. The van der Waals surface area contributed by atoms with Crippen LogP contribution in [0.3, 0.4) is 0 Å². The molecular formula is C27H42N2O5S. The number of rotatable bonds is 2. The number of amides is 1. The van der Waals surface area contributed by atoms with Gasteiger partial charge < -0.3 is 20.3 Å². The van der Waals surface area contributed by atoms with Crippen molar-refractivity contribution in [3.63, 3.8) is 0 Å². The number of epoxide rings is 1. The summed E-state index contributed by atoms with van der Waals surface area (Å²) < 4.78 is 6.10. The van der Waals surface area contributed by atoms with Crippen LogP contribution in [0, 0.1) is 24.2 Å². The predicted molar refractivity (Wildman–Crippen MR) is 138 cm³/mol. The molecule has 3 heterocycles. The summed E-state index contributed by atoms with van der Waals surface area (Å²) in [6.45, 7) is 13.0. The van der Waals surface area contributed by atoms with E-state index in [0.717, 1.165) is 35.5 Å². The highest BCUT2D eigenvalue weighted by molar-refractivity contribution is 7.09. The lowest BCUT2D eigenvalue weighted by Crippen LogP contribution is -2.47. The molecule has 2 saturated heterocycles. The van der Waals surface area contributed by atoms with E-state index < -0.39 is 23.5 Å². The van der Waals surface area contributed by atoms with Gasteiger partial charge in [0.05, 0.1) is 52.5 Å². The van der Waals surface area contributed by atoms with Crippen molar-refractivity contribution in [2.75, 3.05) is 0 Å². The van der Waals surface area contributed by atoms with Crippen molar-refractivity contribution in [2.24, 2.45) is 17.3 Å². The number of aliphatic hydroxyl groups excluding tert-OH is 2. The van der Waals surface area contributed by atoms with Gasteiger partial charge in [0.15, 0.2) is 0 Å². The Morgan fingerprint density at radius 1 is 1.26 bits per heavy atom. The lowest BCUT2D eigenvalue weighted by atomic mass is 9.72. The molecule has 2 aliphatic heterocycles. The van der Waals surface area contributed by atoms with Crippen LogP contribution in [0.2, 0.25) is 0 Å². The number of hydrogen-bond donors (Lipinski definition) is 3. The minimum absolute atomic E-state index is 0.0170. The fourth-order valence-corrected chi connectivity index (χ4v) is 5.76. The summed E-state index contributed by atoms with van der Waals surface area (Å²) in [6.07, 6.45) is 2.99. The van der Waals surface area contributed by atoms with Crippen LogP contribution >= 0.6 is 11.3 Å². The molecule has 2 aliphatic rings. The minimum Gasteiger partial charge on any atom is -0.392 e. The first-order chi connectivity index (χ1) is 16.2. The second-order valence-electron chi connectivity index (χ2n) is 11.4. The number of aliphatic hydroxyl groups is 2. The number of nitrogens with zero attached hydrogens (tertiary/aromatic N) is 1. The molecule has 1 amide bonds. The standard InChI is InChI=1S/C27H42N2O5S/c1-15-9-8-10-27(7)22(34-27)12-20(16(2)11-19-14-35-18(4)28-19)29-23(31)13-21(30)26(5,6)25(33)17(3)24(15)32/h11,14-15,17,20-22,24,30,32H,8-10,12-13H2,1-7H3,(H,29,31)/b16-11+/t15?,17?,20-,21-,22-,24-,27+/m0/s1. The number of aryl methyl sites for hydroxylation is 1. The first-order valence-corrected chi connectivity index (χ1v) is 13.6. The molecule has 0 saturated carbocycles. The number of ketones is 1. The SMILES string of the molecule is C/C(=C\c1csc(C)n1)[C@@H]1C[C@@H]2O[C@]2(C)CCCC(C)[C@H](O)C(C)C(=O)C(C)(C)[C@@H](O)CC(=O)N1. The molecule has 8 heteroatoms.